The summed E-state index contributed by atoms with van der Waals surface area (Å²) in [5.41, 5.74) is 2.45. The van der Waals surface area contributed by atoms with E-state index in [0.29, 0.717) is 0 Å². The van der Waals surface area contributed by atoms with Crippen molar-refractivity contribution in [2.24, 2.45) is 0 Å². The maximum absolute atomic E-state index is 5.07. The van der Waals surface area contributed by atoms with Crippen LogP contribution in [0, 0.1) is 6.92 Å². The quantitative estimate of drug-likeness (QED) is 0.712. The second kappa shape index (κ2) is 4.21. The summed E-state index contributed by atoms with van der Waals surface area (Å²) in [7, 11) is 0. The first-order valence-corrected chi connectivity index (χ1v) is 6.63. The molecule has 0 aliphatic heterocycles. The van der Waals surface area contributed by atoms with Crippen molar-refractivity contribution in [1.29, 1.82) is 0 Å². The van der Waals surface area contributed by atoms with E-state index >= 15 is 0 Å². The van der Waals surface area contributed by atoms with E-state index in [4.69, 9.17) is 4.42 Å². The zero-order valence-corrected chi connectivity index (χ0v) is 11.4. The molecule has 1 unspecified atom stereocenters. The second-order valence-electron chi connectivity index (χ2n) is 2.98. The van der Waals surface area contributed by atoms with Crippen LogP contribution in [0.5, 0.6) is 0 Å². The molecule has 0 aliphatic rings. The molecule has 0 radical (unpaired) electrons. The number of hydrogen-bond acceptors (Lipinski definition) is 2. The summed E-state index contributed by atoms with van der Waals surface area (Å²) in [6.07, 6.45) is 3.46. The topological polar surface area (TPSA) is 13.1 Å². The lowest BCUT2D eigenvalue weighted by Gasteiger charge is -2.05. The average Bonchev–Trinajstić information content (AvgIpc) is 2.73. The van der Waals surface area contributed by atoms with E-state index in [9.17, 15) is 0 Å². The number of thiophene rings is 1. The van der Waals surface area contributed by atoms with Crippen LogP contribution in [0.3, 0.4) is 0 Å². The fraction of sp³-hybridized carbons (Fsp3) is 0.200. The summed E-state index contributed by atoms with van der Waals surface area (Å²) < 4.78 is 6.23. The van der Waals surface area contributed by atoms with Crippen LogP contribution in [-0.2, 0) is 0 Å². The summed E-state index contributed by atoms with van der Waals surface area (Å²) >= 11 is 8.90. The van der Waals surface area contributed by atoms with Gasteiger partial charge >= 0.3 is 0 Å². The van der Waals surface area contributed by atoms with Gasteiger partial charge in [0.1, 0.15) is 0 Å². The first-order chi connectivity index (χ1) is 6.68. The number of halogens is 2. The predicted molar refractivity (Wildman–Crippen MR) is 66.2 cm³/mol. The van der Waals surface area contributed by atoms with E-state index in [2.05, 4.69) is 44.8 Å². The molecule has 2 heterocycles. The van der Waals surface area contributed by atoms with Crippen molar-refractivity contribution < 1.29 is 4.42 Å². The van der Waals surface area contributed by atoms with Gasteiger partial charge in [-0.05, 0) is 40.5 Å². The van der Waals surface area contributed by atoms with E-state index < -0.39 is 0 Å². The van der Waals surface area contributed by atoms with Gasteiger partial charge in [0.25, 0.3) is 0 Å². The average molecular weight is 336 g/mol. The molecule has 0 amide bonds. The Balaban J connectivity index is 2.36. The smallest absolute Gasteiger partial charge is 0.0949 e. The number of aryl methyl sites for hydroxylation is 1. The van der Waals surface area contributed by atoms with Gasteiger partial charge in [0, 0.05) is 10.4 Å². The van der Waals surface area contributed by atoms with Gasteiger partial charge in [0.2, 0.25) is 0 Å². The SMILES string of the molecule is Cc1sc(Br)cc1C(Br)c1ccoc1. The van der Waals surface area contributed by atoms with Crippen molar-refractivity contribution >= 4 is 43.2 Å². The van der Waals surface area contributed by atoms with Crippen molar-refractivity contribution in [3.05, 3.63) is 44.4 Å². The third-order valence-electron chi connectivity index (χ3n) is 2.03. The van der Waals surface area contributed by atoms with Crippen LogP contribution in [0.25, 0.3) is 0 Å². The van der Waals surface area contributed by atoms with E-state index in [-0.39, 0.29) is 4.83 Å². The molecule has 2 aromatic rings. The third kappa shape index (κ3) is 1.97. The van der Waals surface area contributed by atoms with Crippen molar-refractivity contribution in [3.8, 4) is 0 Å². The summed E-state index contributed by atoms with van der Waals surface area (Å²) in [5.74, 6) is 0. The fourth-order valence-electron chi connectivity index (χ4n) is 1.31. The molecule has 0 aromatic carbocycles. The van der Waals surface area contributed by atoms with Gasteiger partial charge in [-0.3, -0.25) is 0 Å². The molecule has 0 bridgehead atoms. The molecule has 0 saturated carbocycles. The van der Waals surface area contributed by atoms with E-state index in [1.54, 1.807) is 23.9 Å². The molecule has 0 spiro atoms. The van der Waals surface area contributed by atoms with E-state index in [0.717, 1.165) is 9.35 Å². The van der Waals surface area contributed by atoms with Crippen molar-refractivity contribution in [1.82, 2.24) is 0 Å². The van der Waals surface area contributed by atoms with E-state index in [1.807, 2.05) is 6.07 Å². The van der Waals surface area contributed by atoms with Crippen molar-refractivity contribution in [2.75, 3.05) is 0 Å². The van der Waals surface area contributed by atoms with Crippen molar-refractivity contribution in [2.45, 2.75) is 11.8 Å². The standard InChI is InChI=1S/C10H8Br2OS/c1-6-8(4-9(11)14-6)10(12)7-2-3-13-5-7/h2-5,10H,1H3. The number of alkyl halides is 1. The Hall–Kier alpha value is -0.0600. The van der Waals surface area contributed by atoms with Crippen LogP contribution in [0.15, 0.2) is 32.9 Å². The first kappa shape index (κ1) is 10.5. The minimum atomic E-state index is 0.226. The van der Waals surface area contributed by atoms with Gasteiger partial charge in [-0.2, -0.15) is 0 Å². The summed E-state index contributed by atoms with van der Waals surface area (Å²) in [4.78, 5) is 1.55. The molecule has 74 valence electrons. The molecule has 4 heteroatoms. The molecular formula is C10H8Br2OS. The van der Waals surface area contributed by atoms with Crippen LogP contribution in [0.1, 0.15) is 20.8 Å². The second-order valence-corrected chi connectivity index (χ2v) is 6.53. The predicted octanol–water partition coefficient (Wildman–Crippen LogP) is 4.90. The fourth-order valence-corrected chi connectivity index (χ4v) is 3.94. The zero-order valence-electron chi connectivity index (χ0n) is 7.46. The third-order valence-corrected chi connectivity index (χ3v) is 4.63. The van der Waals surface area contributed by atoms with Crippen LogP contribution >= 0.6 is 43.2 Å². The molecule has 2 aromatic heterocycles. The van der Waals surface area contributed by atoms with Gasteiger partial charge in [-0.25, -0.2) is 0 Å². The van der Waals surface area contributed by atoms with Gasteiger partial charge in [0.15, 0.2) is 0 Å². The van der Waals surface area contributed by atoms with Gasteiger partial charge in [0.05, 0.1) is 21.1 Å². The number of rotatable bonds is 2. The molecule has 0 saturated heterocycles. The minimum absolute atomic E-state index is 0.226. The lowest BCUT2D eigenvalue weighted by Crippen LogP contribution is -1.89. The molecule has 14 heavy (non-hydrogen) atoms. The van der Waals surface area contributed by atoms with Crippen molar-refractivity contribution in [3.63, 3.8) is 0 Å². The van der Waals surface area contributed by atoms with Crippen LogP contribution in [0.4, 0.5) is 0 Å². The zero-order chi connectivity index (χ0) is 10.1. The monoisotopic (exact) mass is 334 g/mol. The molecule has 0 N–H and O–H groups in total. The highest BCUT2D eigenvalue weighted by Crippen LogP contribution is 2.38. The maximum atomic E-state index is 5.07. The highest BCUT2D eigenvalue weighted by Gasteiger charge is 2.15. The Morgan fingerprint density at radius 3 is 2.79 bits per heavy atom. The summed E-state index contributed by atoms with van der Waals surface area (Å²) in [6, 6.07) is 4.12. The molecule has 0 fully saturated rings. The van der Waals surface area contributed by atoms with Gasteiger partial charge < -0.3 is 4.42 Å². The Kier molecular flexibility index (Phi) is 3.14. The van der Waals surface area contributed by atoms with Crippen LogP contribution < -0.4 is 0 Å². The Labute approximate surface area is 103 Å². The molecule has 1 nitrogen and oxygen atoms in total. The first-order valence-electron chi connectivity index (χ1n) is 4.10. The lowest BCUT2D eigenvalue weighted by molar-refractivity contribution is 0.564. The Bertz CT molecular complexity index is 419. The molecule has 0 aliphatic carbocycles. The molecule has 1 atom stereocenters. The minimum Gasteiger partial charge on any atom is -0.472 e. The van der Waals surface area contributed by atoms with E-state index in [1.165, 1.54) is 10.4 Å². The number of hydrogen-bond donors (Lipinski definition) is 0. The molecular weight excluding hydrogens is 328 g/mol. The highest BCUT2D eigenvalue weighted by molar-refractivity contribution is 9.11. The normalized spacial score (nSPS) is 13.1. The van der Waals surface area contributed by atoms with Gasteiger partial charge in [-0.1, -0.05) is 15.9 Å². The van der Waals surface area contributed by atoms with Crippen LogP contribution in [0.2, 0.25) is 0 Å². The lowest BCUT2D eigenvalue weighted by atomic mass is 10.1. The molecule has 2 rings (SSSR count). The summed E-state index contributed by atoms with van der Waals surface area (Å²) in [5, 5.41) is 0. The largest absolute Gasteiger partial charge is 0.472 e. The Morgan fingerprint density at radius 1 is 1.50 bits per heavy atom. The van der Waals surface area contributed by atoms with Gasteiger partial charge in [-0.15, -0.1) is 11.3 Å². The Morgan fingerprint density at radius 2 is 2.29 bits per heavy atom. The summed E-state index contributed by atoms with van der Waals surface area (Å²) in [6.45, 7) is 2.12. The number of furan rings is 1. The maximum Gasteiger partial charge on any atom is 0.0949 e. The van der Waals surface area contributed by atoms with Crippen LogP contribution in [-0.4, -0.2) is 0 Å². The highest BCUT2D eigenvalue weighted by atomic mass is 79.9.